The third-order valence-corrected chi connectivity index (χ3v) is 4.68. The number of piperidine rings is 1. The molecule has 0 radical (unpaired) electrons. The molecule has 2 aromatic rings. The molecule has 23 heavy (non-hydrogen) atoms. The molecule has 1 aliphatic heterocycles. The molecule has 3 heteroatoms. The van der Waals surface area contributed by atoms with Gasteiger partial charge in [0.25, 0.3) is 0 Å². The van der Waals surface area contributed by atoms with E-state index in [1.54, 1.807) is 0 Å². The molecule has 0 bridgehead atoms. The average molecular weight is 309 g/mol. The number of benzene rings is 2. The Labute approximate surface area is 137 Å². The molecule has 1 fully saturated rings. The third-order valence-electron chi connectivity index (χ3n) is 4.68. The van der Waals surface area contributed by atoms with Gasteiger partial charge in [-0.05, 0) is 36.5 Å². The molecule has 3 nitrogen and oxygen atoms in total. The summed E-state index contributed by atoms with van der Waals surface area (Å²) < 4.78 is 0. The largest absolute Gasteiger partial charge is 0.388 e. The Morgan fingerprint density at radius 1 is 1.13 bits per heavy atom. The van der Waals surface area contributed by atoms with Crippen LogP contribution in [-0.2, 0) is 11.3 Å². The summed E-state index contributed by atoms with van der Waals surface area (Å²) in [6.45, 7) is 3.37. The molecule has 120 valence electrons. The molecule has 0 saturated carbocycles. The van der Waals surface area contributed by atoms with Crippen LogP contribution in [0.2, 0.25) is 0 Å². The number of likely N-dealkylation sites (tertiary alicyclic amines) is 1. The first-order chi connectivity index (χ1) is 11.2. The lowest BCUT2D eigenvalue weighted by atomic mass is 9.86. The summed E-state index contributed by atoms with van der Waals surface area (Å²) in [5, 5.41) is 10.7. The molecule has 1 aliphatic rings. The normalized spacial score (nSPS) is 19.7. The number of carbonyl (C=O) groups is 1. The van der Waals surface area contributed by atoms with Crippen molar-refractivity contribution in [3.8, 4) is 0 Å². The fraction of sp³-hybridized carbons (Fsp3) is 0.350. The van der Waals surface area contributed by atoms with E-state index in [2.05, 4.69) is 0 Å². The number of hydrogen-bond acceptors (Lipinski definition) is 2. The molecule has 1 saturated heterocycles. The Bertz CT molecular complexity index is 668. The van der Waals surface area contributed by atoms with Crippen molar-refractivity contribution in [1.82, 2.24) is 4.90 Å². The molecule has 3 rings (SSSR count). The minimum Gasteiger partial charge on any atom is -0.388 e. The second-order valence-corrected chi connectivity index (χ2v) is 6.30. The first kappa shape index (κ1) is 15.8. The van der Waals surface area contributed by atoms with Gasteiger partial charge in [0, 0.05) is 13.1 Å². The fourth-order valence-electron chi connectivity index (χ4n) is 3.36. The number of carbonyl (C=O) groups excluding carboxylic acids is 1. The lowest BCUT2D eigenvalue weighted by Gasteiger charge is -2.35. The monoisotopic (exact) mass is 309 g/mol. The molecule has 2 unspecified atom stereocenters. The highest BCUT2D eigenvalue weighted by molar-refractivity contribution is 5.80. The van der Waals surface area contributed by atoms with Gasteiger partial charge in [0.1, 0.15) is 0 Å². The van der Waals surface area contributed by atoms with Crippen molar-refractivity contribution in [2.45, 2.75) is 32.4 Å². The van der Waals surface area contributed by atoms with Crippen LogP contribution >= 0.6 is 0 Å². The summed E-state index contributed by atoms with van der Waals surface area (Å²) in [6.07, 6.45) is 0.966. The maximum atomic E-state index is 12.8. The number of nitrogens with zero attached hydrogens (tertiary/aromatic N) is 1. The number of aliphatic hydroxyl groups excluding tert-OH is 1. The van der Waals surface area contributed by atoms with E-state index in [0.717, 1.165) is 36.1 Å². The van der Waals surface area contributed by atoms with Crippen molar-refractivity contribution < 1.29 is 9.90 Å². The Kier molecular flexibility index (Phi) is 4.77. The van der Waals surface area contributed by atoms with Gasteiger partial charge in [-0.3, -0.25) is 4.79 Å². The van der Waals surface area contributed by atoms with E-state index in [0.29, 0.717) is 6.54 Å². The van der Waals surface area contributed by atoms with Gasteiger partial charge in [0.2, 0.25) is 5.91 Å². The maximum absolute atomic E-state index is 12.8. The van der Waals surface area contributed by atoms with Crippen molar-refractivity contribution in [2.24, 2.45) is 5.92 Å². The van der Waals surface area contributed by atoms with E-state index in [-0.39, 0.29) is 11.8 Å². The Hall–Kier alpha value is -2.13. The highest BCUT2D eigenvalue weighted by atomic mass is 16.3. The third kappa shape index (κ3) is 3.45. The predicted octanol–water partition coefficient (Wildman–Crippen LogP) is 3.47. The Morgan fingerprint density at radius 3 is 2.57 bits per heavy atom. The lowest BCUT2D eigenvalue weighted by molar-refractivity contribution is -0.143. The second kappa shape index (κ2) is 6.97. The number of aryl methyl sites for hydroxylation is 1. The maximum Gasteiger partial charge on any atom is 0.228 e. The molecule has 2 aromatic carbocycles. The Balaban J connectivity index is 1.76. The van der Waals surface area contributed by atoms with Gasteiger partial charge >= 0.3 is 0 Å². The summed E-state index contributed by atoms with van der Waals surface area (Å²) >= 11 is 0. The van der Waals surface area contributed by atoms with Crippen LogP contribution in [0.3, 0.4) is 0 Å². The summed E-state index contributed by atoms with van der Waals surface area (Å²) in [6, 6.07) is 17.8. The molecule has 0 aromatic heterocycles. The first-order valence-electron chi connectivity index (χ1n) is 8.23. The van der Waals surface area contributed by atoms with E-state index in [1.807, 2.05) is 66.4 Å². The second-order valence-electron chi connectivity index (χ2n) is 6.30. The quantitative estimate of drug-likeness (QED) is 0.939. The number of aliphatic hydroxyl groups is 1. The molecular weight excluding hydrogens is 286 g/mol. The van der Waals surface area contributed by atoms with Crippen LogP contribution in [0.5, 0.6) is 0 Å². The topological polar surface area (TPSA) is 40.5 Å². The van der Waals surface area contributed by atoms with Crippen molar-refractivity contribution in [3.63, 3.8) is 0 Å². The predicted molar refractivity (Wildman–Crippen MR) is 90.7 cm³/mol. The van der Waals surface area contributed by atoms with Gasteiger partial charge in [0.05, 0.1) is 12.0 Å². The van der Waals surface area contributed by atoms with Crippen LogP contribution in [0.1, 0.15) is 35.6 Å². The van der Waals surface area contributed by atoms with Crippen molar-refractivity contribution in [2.75, 3.05) is 6.54 Å². The van der Waals surface area contributed by atoms with Gasteiger partial charge < -0.3 is 10.0 Å². The summed E-state index contributed by atoms with van der Waals surface area (Å²) in [5.74, 6) is -0.274. The van der Waals surface area contributed by atoms with Crippen molar-refractivity contribution >= 4 is 5.91 Å². The first-order valence-corrected chi connectivity index (χ1v) is 8.23. The molecule has 1 amide bonds. The SMILES string of the molecule is Cc1ccccc1C(O)C1CCCN(Cc2ccccc2)C1=O. The summed E-state index contributed by atoms with van der Waals surface area (Å²) in [5.41, 5.74) is 3.03. The zero-order chi connectivity index (χ0) is 16.2. The van der Waals surface area contributed by atoms with Crippen molar-refractivity contribution in [3.05, 3.63) is 71.3 Å². The van der Waals surface area contributed by atoms with Crippen molar-refractivity contribution in [1.29, 1.82) is 0 Å². The van der Waals surface area contributed by atoms with E-state index in [1.165, 1.54) is 0 Å². The van der Waals surface area contributed by atoms with Crippen LogP contribution in [0.4, 0.5) is 0 Å². The number of hydrogen-bond donors (Lipinski definition) is 1. The van der Waals surface area contributed by atoms with Crippen LogP contribution in [0.15, 0.2) is 54.6 Å². The van der Waals surface area contributed by atoms with Gasteiger partial charge in [0.15, 0.2) is 0 Å². The highest BCUT2D eigenvalue weighted by Gasteiger charge is 2.35. The van der Waals surface area contributed by atoms with Gasteiger partial charge in [-0.15, -0.1) is 0 Å². The number of rotatable bonds is 4. The average Bonchev–Trinajstić information content (AvgIpc) is 2.58. The van der Waals surface area contributed by atoms with E-state index in [4.69, 9.17) is 0 Å². The lowest BCUT2D eigenvalue weighted by Crippen LogP contribution is -2.43. The van der Waals surface area contributed by atoms with E-state index in [9.17, 15) is 9.90 Å². The minimum atomic E-state index is -0.720. The van der Waals surface area contributed by atoms with Crippen LogP contribution in [0, 0.1) is 12.8 Å². The highest BCUT2D eigenvalue weighted by Crippen LogP contribution is 2.32. The standard InChI is InChI=1S/C20H23NO2/c1-15-8-5-6-11-17(15)19(22)18-12-7-13-21(20(18)23)14-16-9-3-2-4-10-16/h2-6,8-11,18-19,22H,7,12-14H2,1H3. The van der Waals surface area contributed by atoms with Crippen LogP contribution < -0.4 is 0 Å². The summed E-state index contributed by atoms with van der Waals surface area (Å²) in [7, 11) is 0. The molecule has 0 spiro atoms. The van der Waals surface area contributed by atoms with E-state index < -0.39 is 6.10 Å². The fourth-order valence-corrected chi connectivity index (χ4v) is 3.36. The van der Waals surface area contributed by atoms with Gasteiger partial charge in [-0.2, -0.15) is 0 Å². The molecule has 2 atom stereocenters. The minimum absolute atomic E-state index is 0.0656. The Morgan fingerprint density at radius 2 is 1.83 bits per heavy atom. The van der Waals surface area contributed by atoms with Crippen LogP contribution in [0.25, 0.3) is 0 Å². The van der Waals surface area contributed by atoms with Crippen LogP contribution in [-0.4, -0.2) is 22.5 Å². The molecular formula is C20H23NO2. The zero-order valence-corrected chi connectivity index (χ0v) is 13.5. The molecule has 0 aliphatic carbocycles. The molecule has 1 N–H and O–H groups in total. The number of amides is 1. The zero-order valence-electron chi connectivity index (χ0n) is 13.5. The van der Waals surface area contributed by atoms with Gasteiger partial charge in [-0.25, -0.2) is 0 Å². The van der Waals surface area contributed by atoms with Gasteiger partial charge in [-0.1, -0.05) is 54.6 Å². The summed E-state index contributed by atoms with van der Waals surface area (Å²) in [4.78, 5) is 14.7. The van der Waals surface area contributed by atoms with E-state index >= 15 is 0 Å². The smallest absolute Gasteiger partial charge is 0.228 e. The molecule has 1 heterocycles.